The van der Waals surface area contributed by atoms with Crippen LogP contribution in [0.5, 0.6) is 0 Å². The summed E-state index contributed by atoms with van der Waals surface area (Å²) in [6.07, 6.45) is 0.574. The summed E-state index contributed by atoms with van der Waals surface area (Å²) in [5.41, 5.74) is 5.85. The van der Waals surface area contributed by atoms with Crippen LogP contribution in [0, 0.1) is 0 Å². The van der Waals surface area contributed by atoms with Crippen LogP contribution in [0.1, 0.15) is 37.2 Å². The first-order valence-corrected chi connectivity index (χ1v) is 7.96. The van der Waals surface area contributed by atoms with Crippen molar-refractivity contribution in [1.82, 2.24) is 20.1 Å². The van der Waals surface area contributed by atoms with Crippen LogP contribution >= 0.6 is 23.2 Å². The highest BCUT2D eigenvalue weighted by molar-refractivity contribution is 6.37. The van der Waals surface area contributed by atoms with Gasteiger partial charge in [0.2, 0.25) is 5.82 Å². The van der Waals surface area contributed by atoms with Crippen molar-refractivity contribution in [3.8, 4) is 5.69 Å². The molecule has 0 radical (unpaired) electrons. The number of aryl methyl sites for hydroxylation is 1. The zero-order valence-corrected chi connectivity index (χ0v) is 14.7. The number of carbonyl (C=O) groups is 1. The lowest BCUT2D eigenvalue weighted by molar-refractivity contribution is 0.0935. The molecule has 0 atom stereocenters. The first kappa shape index (κ1) is 17.7. The number of amides is 1. The highest BCUT2D eigenvalue weighted by atomic mass is 35.5. The summed E-state index contributed by atoms with van der Waals surface area (Å²) in [7, 11) is 0. The molecular formula is C15H19Cl2N5O. The molecule has 1 heterocycles. The van der Waals surface area contributed by atoms with E-state index in [1.165, 1.54) is 4.68 Å². The number of halogens is 2. The van der Waals surface area contributed by atoms with E-state index >= 15 is 0 Å². The number of nitrogens with two attached hydrogens (primary N) is 1. The summed E-state index contributed by atoms with van der Waals surface area (Å²) in [4.78, 5) is 16.5. The molecule has 6 nitrogen and oxygen atoms in total. The van der Waals surface area contributed by atoms with Crippen LogP contribution in [0.3, 0.4) is 0 Å². The fraction of sp³-hybridized carbons (Fsp3) is 0.400. The van der Waals surface area contributed by atoms with E-state index in [2.05, 4.69) is 15.4 Å². The lowest BCUT2D eigenvalue weighted by Gasteiger charge is -2.18. The number of nitrogens with zero attached hydrogens (tertiary/aromatic N) is 3. The molecule has 0 aliphatic heterocycles. The third-order valence-electron chi connectivity index (χ3n) is 3.05. The van der Waals surface area contributed by atoms with Crippen LogP contribution < -0.4 is 11.1 Å². The van der Waals surface area contributed by atoms with Gasteiger partial charge in [0, 0.05) is 18.5 Å². The standard InChI is InChI=1S/C15H19Cl2N5O/c1-4-11-20-13(14(23)19-8-15(2,3)18)21-22(11)12-9(16)6-5-7-10(12)17/h5-7H,4,8,18H2,1-3H3,(H,19,23). The molecule has 0 aliphatic rings. The molecule has 1 aromatic heterocycles. The third kappa shape index (κ3) is 4.22. The molecule has 2 rings (SSSR count). The van der Waals surface area contributed by atoms with Crippen molar-refractivity contribution < 1.29 is 4.79 Å². The van der Waals surface area contributed by atoms with E-state index in [-0.39, 0.29) is 11.7 Å². The Labute approximate surface area is 145 Å². The first-order valence-electron chi connectivity index (χ1n) is 7.20. The first-order chi connectivity index (χ1) is 10.7. The second kappa shape index (κ2) is 6.86. The highest BCUT2D eigenvalue weighted by Gasteiger charge is 2.21. The van der Waals surface area contributed by atoms with Crippen molar-refractivity contribution in [1.29, 1.82) is 0 Å². The molecule has 2 aromatic rings. The maximum absolute atomic E-state index is 12.2. The maximum Gasteiger partial charge on any atom is 0.291 e. The van der Waals surface area contributed by atoms with E-state index in [1.807, 2.05) is 20.8 Å². The molecule has 0 fully saturated rings. The van der Waals surface area contributed by atoms with Gasteiger partial charge in [0.05, 0.1) is 10.0 Å². The molecular weight excluding hydrogens is 337 g/mol. The lowest BCUT2D eigenvalue weighted by Crippen LogP contribution is -2.45. The molecule has 3 N–H and O–H groups in total. The van der Waals surface area contributed by atoms with Crippen LogP contribution in [0.4, 0.5) is 0 Å². The molecule has 23 heavy (non-hydrogen) atoms. The summed E-state index contributed by atoms with van der Waals surface area (Å²) < 4.78 is 1.51. The van der Waals surface area contributed by atoms with Gasteiger partial charge in [0.1, 0.15) is 11.5 Å². The minimum Gasteiger partial charge on any atom is -0.347 e. The van der Waals surface area contributed by atoms with Crippen molar-refractivity contribution in [2.24, 2.45) is 5.73 Å². The number of hydrogen-bond acceptors (Lipinski definition) is 4. The molecule has 1 amide bonds. The molecule has 0 bridgehead atoms. The van der Waals surface area contributed by atoms with Crippen LogP contribution in [0.2, 0.25) is 10.0 Å². The topological polar surface area (TPSA) is 85.8 Å². The monoisotopic (exact) mass is 355 g/mol. The molecule has 0 unspecified atom stereocenters. The Bertz CT molecular complexity index is 701. The van der Waals surface area contributed by atoms with Crippen molar-refractivity contribution in [2.75, 3.05) is 6.54 Å². The Kier molecular flexibility index (Phi) is 5.29. The van der Waals surface area contributed by atoms with Crippen LogP contribution in [-0.4, -0.2) is 32.8 Å². The average molecular weight is 356 g/mol. The third-order valence-corrected chi connectivity index (χ3v) is 3.66. The van der Waals surface area contributed by atoms with E-state index in [1.54, 1.807) is 18.2 Å². The highest BCUT2D eigenvalue weighted by Crippen LogP contribution is 2.28. The Morgan fingerprint density at radius 2 is 1.96 bits per heavy atom. The van der Waals surface area contributed by atoms with Gasteiger partial charge in [0.15, 0.2) is 0 Å². The van der Waals surface area contributed by atoms with Gasteiger partial charge in [-0.05, 0) is 26.0 Å². The summed E-state index contributed by atoms with van der Waals surface area (Å²) in [6, 6.07) is 5.16. The van der Waals surface area contributed by atoms with E-state index < -0.39 is 5.54 Å². The number of carbonyl (C=O) groups excluding carboxylic acids is 1. The molecule has 0 saturated carbocycles. The molecule has 0 saturated heterocycles. The Morgan fingerprint density at radius 3 is 2.48 bits per heavy atom. The predicted octanol–water partition coefficient (Wildman–Crippen LogP) is 2.60. The second-order valence-corrected chi connectivity index (χ2v) is 6.67. The maximum atomic E-state index is 12.2. The van der Waals surface area contributed by atoms with E-state index in [9.17, 15) is 4.79 Å². The molecule has 0 aliphatic carbocycles. The predicted molar refractivity (Wildman–Crippen MR) is 91.4 cm³/mol. The normalized spacial score (nSPS) is 11.6. The number of rotatable bonds is 5. The van der Waals surface area contributed by atoms with Gasteiger partial charge in [-0.15, -0.1) is 5.10 Å². The molecule has 8 heteroatoms. The van der Waals surface area contributed by atoms with Crippen LogP contribution in [0.15, 0.2) is 18.2 Å². The van der Waals surface area contributed by atoms with Gasteiger partial charge in [-0.1, -0.05) is 36.2 Å². The van der Waals surface area contributed by atoms with E-state index in [4.69, 9.17) is 28.9 Å². The number of para-hydroxylation sites is 1. The Hall–Kier alpha value is -1.63. The Balaban J connectivity index is 2.37. The van der Waals surface area contributed by atoms with Gasteiger partial charge >= 0.3 is 0 Å². The summed E-state index contributed by atoms with van der Waals surface area (Å²) in [6.45, 7) is 5.87. The molecule has 0 spiro atoms. The van der Waals surface area contributed by atoms with Gasteiger partial charge < -0.3 is 11.1 Å². The Morgan fingerprint density at radius 1 is 1.35 bits per heavy atom. The van der Waals surface area contributed by atoms with E-state index in [0.717, 1.165) is 0 Å². The number of nitrogens with one attached hydrogen (secondary N) is 1. The zero-order valence-electron chi connectivity index (χ0n) is 13.2. The second-order valence-electron chi connectivity index (χ2n) is 5.86. The minimum absolute atomic E-state index is 0.0575. The fourth-order valence-electron chi connectivity index (χ4n) is 1.93. The van der Waals surface area contributed by atoms with Gasteiger partial charge in [-0.25, -0.2) is 9.67 Å². The number of aromatic nitrogens is 3. The quantitative estimate of drug-likeness (QED) is 0.862. The molecule has 1 aromatic carbocycles. The number of benzene rings is 1. The fourth-order valence-corrected chi connectivity index (χ4v) is 2.48. The van der Waals surface area contributed by atoms with Crippen LogP contribution in [0.25, 0.3) is 5.69 Å². The van der Waals surface area contributed by atoms with Crippen molar-refractivity contribution in [3.05, 3.63) is 39.9 Å². The largest absolute Gasteiger partial charge is 0.347 e. The van der Waals surface area contributed by atoms with Gasteiger partial charge in [-0.2, -0.15) is 0 Å². The number of hydrogen-bond donors (Lipinski definition) is 2. The zero-order chi connectivity index (χ0) is 17.2. The van der Waals surface area contributed by atoms with Crippen LogP contribution in [-0.2, 0) is 6.42 Å². The lowest BCUT2D eigenvalue weighted by atomic mass is 10.1. The summed E-state index contributed by atoms with van der Waals surface area (Å²) in [5, 5.41) is 7.85. The smallest absolute Gasteiger partial charge is 0.291 e. The summed E-state index contributed by atoms with van der Waals surface area (Å²) >= 11 is 12.4. The minimum atomic E-state index is -0.516. The van der Waals surface area contributed by atoms with Crippen molar-refractivity contribution in [2.45, 2.75) is 32.7 Å². The van der Waals surface area contributed by atoms with Crippen molar-refractivity contribution in [3.63, 3.8) is 0 Å². The van der Waals surface area contributed by atoms with Crippen molar-refractivity contribution >= 4 is 29.1 Å². The molecule has 124 valence electrons. The summed E-state index contributed by atoms with van der Waals surface area (Å²) in [5.74, 6) is 0.263. The van der Waals surface area contributed by atoms with Gasteiger partial charge in [0.25, 0.3) is 5.91 Å². The van der Waals surface area contributed by atoms with E-state index in [0.29, 0.717) is 34.5 Å². The van der Waals surface area contributed by atoms with Gasteiger partial charge in [-0.3, -0.25) is 4.79 Å². The SMILES string of the molecule is CCc1nc(C(=O)NCC(C)(C)N)nn1-c1c(Cl)cccc1Cl. The average Bonchev–Trinajstić information content (AvgIpc) is 2.88.